The van der Waals surface area contributed by atoms with Gasteiger partial charge in [-0.2, -0.15) is 13.2 Å². The Morgan fingerprint density at radius 2 is 1.62 bits per heavy atom. The zero-order valence-corrected chi connectivity index (χ0v) is 17.0. The Hall–Kier alpha value is -3.71. The molecule has 0 saturated heterocycles. The van der Waals surface area contributed by atoms with Gasteiger partial charge in [0, 0.05) is 22.4 Å². The zero-order chi connectivity index (χ0) is 22.5. The number of halogens is 4. The Bertz CT molecular complexity index is 1440. The lowest BCUT2D eigenvalue weighted by molar-refractivity contribution is -0.137. The summed E-state index contributed by atoms with van der Waals surface area (Å²) in [4.78, 5) is 4.31. The summed E-state index contributed by atoms with van der Waals surface area (Å²) in [5, 5.41) is 0.465. The highest BCUT2D eigenvalue weighted by Crippen LogP contribution is 2.38. The van der Waals surface area contributed by atoms with Crippen molar-refractivity contribution >= 4 is 28.4 Å². The molecule has 2 N–H and O–H groups in total. The number of nitrogen functional groups attached to an aromatic ring is 1. The molecule has 160 valence electrons. The molecule has 5 aromatic rings. The topological polar surface area (TPSA) is 65.2 Å². The number of nitrogens with two attached hydrogens (primary N) is 1. The van der Waals surface area contributed by atoms with Crippen molar-refractivity contribution in [1.29, 1.82) is 0 Å². The molecule has 0 saturated carbocycles. The molecule has 2 aromatic heterocycles. The molecule has 8 heteroatoms. The second-order valence-electron chi connectivity index (χ2n) is 7.25. The Balaban J connectivity index is 1.69. The molecule has 0 amide bonds. The predicted octanol–water partition coefficient (Wildman–Crippen LogP) is 7.68. The van der Waals surface area contributed by atoms with Crippen LogP contribution in [0.5, 0.6) is 0 Å². The Labute approximate surface area is 185 Å². The monoisotopic (exact) mass is 454 g/mol. The summed E-state index contributed by atoms with van der Waals surface area (Å²) < 4.78 is 50.2. The number of oxazole rings is 1. The summed E-state index contributed by atoms with van der Waals surface area (Å²) in [7, 11) is 0. The van der Waals surface area contributed by atoms with Gasteiger partial charge in [0.1, 0.15) is 5.52 Å². The van der Waals surface area contributed by atoms with Crippen molar-refractivity contribution in [3.63, 3.8) is 0 Å². The third-order valence-corrected chi connectivity index (χ3v) is 5.37. The number of benzene rings is 3. The summed E-state index contributed by atoms with van der Waals surface area (Å²) in [6.45, 7) is 0. The molecule has 0 atom stereocenters. The van der Waals surface area contributed by atoms with Crippen LogP contribution in [0.1, 0.15) is 5.56 Å². The molecule has 0 spiro atoms. The molecular formula is C24H14ClF3N2O2. The Morgan fingerprint density at radius 1 is 0.844 bits per heavy atom. The van der Waals surface area contributed by atoms with Gasteiger partial charge in [0.15, 0.2) is 5.58 Å². The molecule has 4 nitrogen and oxygen atoms in total. The third-order valence-electron chi connectivity index (χ3n) is 5.05. The van der Waals surface area contributed by atoms with E-state index in [0.717, 1.165) is 34.4 Å². The highest BCUT2D eigenvalue weighted by atomic mass is 35.5. The average Bonchev–Trinajstić information content (AvgIpc) is 3.42. The SMILES string of the molecule is Nc1ccc(-c2cc(-c3ccoc3)cc(-c3nc4cc(C(F)(F)F)ccc4o3)c2)c(Cl)c1. The Morgan fingerprint density at radius 3 is 2.34 bits per heavy atom. The smallest absolute Gasteiger partial charge is 0.416 e. The minimum absolute atomic E-state index is 0.121. The summed E-state index contributed by atoms with van der Waals surface area (Å²) in [5.74, 6) is 0.192. The first-order chi connectivity index (χ1) is 15.3. The first-order valence-corrected chi connectivity index (χ1v) is 9.87. The highest BCUT2D eigenvalue weighted by Gasteiger charge is 2.31. The molecule has 0 aliphatic carbocycles. The van der Waals surface area contributed by atoms with Crippen molar-refractivity contribution in [2.45, 2.75) is 6.18 Å². The van der Waals surface area contributed by atoms with Crippen LogP contribution in [0.2, 0.25) is 5.02 Å². The van der Waals surface area contributed by atoms with Crippen molar-refractivity contribution in [3.8, 4) is 33.7 Å². The van der Waals surface area contributed by atoms with E-state index in [0.29, 0.717) is 16.3 Å². The molecule has 32 heavy (non-hydrogen) atoms. The van der Waals surface area contributed by atoms with Crippen molar-refractivity contribution in [1.82, 2.24) is 4.98 Å². The van der Waals surface area contributed by atoms with E-state index in [-0.39, 0.29) is 17.0 Å². The highest BCUT2D eigenvalue weighted by molar-refractivity contribution is 6.33. The first-order valence-electron chi connectivity index (χ1n) is 9.49. The van der Waals surface area contributed by atoms with Gasteiger partial charge in [-0.15, -0.1) is 0 Å². The van der Waals surface area contributed by atoms with E-state index in [1.807, 2.05) is 18.2 Å². The predicted molar refractivity (Wildman–Crippen MR) is 117 cm³/mol. The van der Waals surface area contributed by atoms with Gasteiger partial charge in [0.2, 0.25) is 5.89 Å². The molecule has 0 aliphatic rings. The molecule has 0 radical (unpaired) electrons. The summed E-state index contributed by atoms with van der Waals surface area (Å²) in [6.07, 6.45) is -1.32. The molecular weight excluding hydrogens is 441 g/mol. The quantitative estimate of drug-likeness (QED) is 0.284. The van der Waals surface area contributed by atoms with Gasteiger partial charge < -0.3 is 14.6 Å². The fraction of sp³-hybridized carbons (Fsp3) is 0.0417. The Kier molecular flexibility index (Phi) is 4.71. The number of hydrogen-bond acceptors (Lipinski definition) is 4. The minimum atomic E-state index is -4.46. The average molecular weight is 455 g/mol. The van der Waals surface area contributed by atoms with Gasteiger partial charge in [-0.25, -0.2) is 4.98 Å². The van der Waals surface area contributed by atoms with Crippen molar-refractivity contribution < 1.29 is 22.0 Å². The van der Waals surface area contributed by atoms with Crippen LogP contribution in [-0.4, -0.2) is 4.98 Å². The number of nitrogens with zero attached hydrogens (tertiary/aromatic N) is 1. The largest absolute Gasteiger partial charge is 0.472 e. The minimum Gasteiger partial charge on any atom is -0.472 e. The standard InChI is InChI=1S/C24H14ClF3N2O2/c25-20-11-18(29)2-3-19(20)15-7-14(13-5-6-31-12-13)8-16(9-15)23-30-21-10-17(24(26,27)28)1-4-22(21)32-23/h1-12H,29H2. The lowest BCUT2D eigenvalue weighted by Crippen LogP contribution is -2.03. The van der Waals surface area contributed by atoms with Crippen LogP contribution >= 0.6 is 11.6 Å². The fourth-order valence-electron chi connectivity index (χ4n) is 3.49. The molecule has 0 fully saturated rings. The number of hydrogen-bond donors (Lipinski definition) is 1. The molecule has 0 unspecified atom stereocenters. The normalized spacial score (nSPS) is 11.9. The summed E-state index contributed by atoms with van der Waals surface area (Å²) >= 11 is 6.42. The maximum atomic E-state index is 13.1. The maximum Gasteiger partial charge on any atom is 0.416 e. The van der Waals surface area contributed by atoms with Gasteiger partial charge in [0.05, 0.1) is 23.1 Å². The molecule has 2 heterocycles. The number of aromatic nitrogens is 1. The van der Waals surface area contributed by atoms with Crippen molar-refractivity contribution in [3.05, 3.63) is 83.8 Å². The van der Waals surface area contributed by atoms with E-state index in [1.54, 1.807) is 36.8 Å². The molecule has 0 aliphatic heterocycles. The van der Waals surface area contributed by atoms with Gasteiger partial charge in [0.25, 0.3) is 0 Å². The second kappa shape index (κ2) is 7.46. The van der Waals surface area contributed by atoms with Crippen molar-refractivity contribution in [2.75, 3.05) is 5.73 Å². The lowest BCUT2D eigenvalue weighted by atomic mass is 9.97. The van der Waals surface area contributed by atoms with Crippen LogP contribution in [-0.2, 0) is 6.18 Å². The van der Waals surface area contributed by atoms with Gasteiger partial charge >= 0.3 is 6.18 Å². The van der Waals surface area contributed by atoms with Crippen LogP contribution in [0.25, 0.3) is 44.8 Å². The third kappa shape index (κ3) is 3.71. The number of alkyl halides is 3. The molecule has 0 bridgehead atoms. The molecule has 5 rings (SSSR count). The van der Waals surface area contributed by atoms with Crippen LogP contribution in [0.3, 0.4) is 0 Å². The second-order valence-corrected chi connectivity index (χ2v) is 7.66. The van der Waals surface area contributed by atoms with Crippen LogP contribution in [0, 0.1) is 0 Å². The number of rotatable bonds is 3. The van der Waals surface area contributed by atoms with E-state index in [1.165, 1.54) is 6.07 Å². The maximum absolute atomic E-state index is 13.1. The summed E-state index contributed by atoms with van der Waals surface area (Å²) in [6, 6.07) is 15.8. The van der Waals surface area contributed by atoms with Gasteiger partial charge in [-0.05, 0) is 65.7 Å². The van der Waals surface area contributed by atoms with E-state index in [4.69, 9.17) is 26.2 Å². The van der Waals surface area contributed by atoms with E-state index in [2.05, 4.69) is 4.98 Å². The lowest BCUT2D eigenvalue weighted by Gasteiger charge is -2.10. The van der Waals surface area contributed by atoms with E-state index in [9.17, 15) is 13.2 Å². The first kappa shape index (κ1) is 20.2. The van der Waals surface area contributed by atoms with E-state index >= 15 is 0 Å². The van der Waals surface area contributed by atoms with E-state index < -0.39 is 11.7 Å². The van der Waals surface area contributed by atoms with Gasteiger partial charge in [-0.1, -0.05) is 17.7 Å². The summed E-state index contributed by atoms with van der Waals surface area (Å²) in [5.41, 5.74) is 9.65. The zero-order valence-electron chi connectivity index (χ0n) is 16.3. The fourth-order valence-corrected chi connectivity index (χ4v) is 3.79. The van der Waals surface area contributed by atoms with Gasteiger partial charge in [-0.3, -0.25) is 0 Å². The number of anilines is 1. The van der Waals surface area contributed by atoms with Crippen molar-refractivity contribution in [2.24, 2.45) is 0 Å². The van der Waals surface area contributed by atoms with Crippen LogP contribution < -0.4 is 5.73 Å². The molecule has 3 aromatic carbocycles. The number of furan rings is 1. The number of fused-ring (bicyclic) bond motifs is 1. The van der Waals surface area contributed by atoms with Crippen LogP contribution in [0.4, 0.5) is 18.9 Å². The van der Waals surface area contributed by atoms with Crippen LogP contribution in [0.15, 0.2) is 82.0 Å².